The highest BCUT2D eigenvalue weighted by molar-refractivity contribution is 5.73. The summed E-state index contributed by atoms with van der Waals surface area (Å²) in [6.45, 7) is 8.58. The van der Waals surface area contributed by atoms with E-state index in [-0.39, 0.29) is 5.41 Å². The van der Waals surface area contributed by atoms with Gasteiger partial charge >= 0.3 is 0 Å². The molecule has 0 atom stereocenters. The fourth-order valence-electron chi connectivity index (χ4n) is 1.66. The van der Waals surface area contributed by atoms with E-state index in [1.807, 2.05) is 13.0 Å². The molecule has 0 N–H and O–H groups in total. The lowest BCUT2D eigenvalue weighted by Gasteiger charge is -2.22. The molecule has 0 amide bonds. The van der Waals surface area contributed by atoms with Gasteiger partial charge in [-0.25, -0.2) is 4.98 Å². The van der Waals surface area contributed by atoms with Gasteiger partial charge in [0.15, 0.2) is 11.5 Å². The van der Waals surface area contributed by atoms with Crippen LogP contribution in [0.1, 0.15) is 38.6 Å². The number of nitrogens with zero attached hydrogens (tertiary/aromatic N) is 1. The van der Waals surface area contributed by atoms with Gasteiger partial charge in [-0.2, -0.15) is 0 Å². The molecular formula is C13H17NO. The Hall–Kier alpha value is -1.31. The van der Waals surface area contributed by atoms with Crippen molar-refractivity contribution in [2.45, 2.75) is 39.5 Å². The number of aryl methyl sites for hydroxylation is 1. The Morgan fingerprint density at radius 2 is 2.07 bits per heavy atom. The van der Waals surface area contributed by atoms with Crippen molar-refractivity contribution in [3.63, 3.8) is 0 Å². The maximum Gasteiger partial charge on any atom is 0.192 e. The third kappa shape index (κ3) is 1.76. The summed E-state index contributed by atoms with van der Waals surface area (Å²) < 4.78 is 5.54. The summed E-state index contributed by atoms with van der Waals surface area (Å²) in [5.41, 5.74) is 3.36. The van der Waals surface area contributed by atoms with Gasteiger partial charge in [0.2, 0.25) is 0 Å². The number of benzene rings is 1. The Bertz CT molecular complexity index is 482. The number of fused-ring (bicyclic) bond motifs is 1. The van der Waals surface area contributed by atoms with E-state index < -0.39 is 0 Å². The van der Waals surface area contributed by atoms with Crippen LogP contribution in [0.4, 0.5) is 0 Å². The molecule has 0 saturated heterocycles. The van der Waals surface area contributed by atoms with Crippen LogP contribution in [0, 0.1) is 6.92 Å². The number of hydrogen-bond donors (Lipinski definition) is 0. The summed E-state index contributed by atoms with van der Waals surface area (Å²) in [7, 11) is 0. The molecule has 1 heterocycles. The fraction of sp³-hybridized carbons (Fsp3) is 0.462. The van der Waals surface area contributed by atoms with Gasteiger partial charge < -0.3 is 4.42 Å². The van der Waals surface area contributed by atoms with E-state index >= 15 is 0 Å². The average Bonchev–Trinajstić information content (AvgIpc) is 2.56. The first kappa shape index (κ1) is 10.2. The second kappa shape index (κ2) is 3.37. The Morgan fingerprint density at radius 3 is 2.73 bits per heavy atom. The van der Waals surface area contributed by atoms with Crippen LogP contribution in [0.25, 0.3) is 11.1 Å². The third-order valence-electron chi connectivity index (χ3n) is 3.16. The van der Waals surface area contributed by atoms with Crippen LogP contribution in [-0.2, 0) is 5.41 Å². The lowest BCUT2D eigenvalue weighted by molar-refractivity contribution is 0.504. The molecule has 2 heteroatoms. The van der Waals surface area contributed by atoms with E-state index in [1.165, 1.54) is 5.56 Å². The molecule has 2 aromatic rings. The highest BCUT2D eigenvalue weighted by Crippen LogP contribution is 2.29. The van der Waals surface area contributed by atoms with Crippen LogP contribution >= 0.6 is 0 Å². The molecule has 0 aliphatic heterocycles. The first-order chi connectivity index (χ1) is 7.03. The molecular weight excluding hydrogens is 186 g/mol. The molecule has 0 spiro atoms. The molecule has 0 aliphatic rings. The van der Waals surface area contributed by atoms with Gasteiger partial charge in [0.25, 0.3) is 0 Å². The monoisotopic (exact) mass is 203 g/mol. The summed E-state index contributed by atoms with van der Waals surface area (Å²) in [6, 6.07) is 6.30. The summed E-state index contributed by atoms with van der Waals surface area (Å²) in [6.07, 6.45) is 1.12. The van der Waals surface area contributed by atoms with Gasteiger partial charge in [0.05, 0.1) is 0 Å². The molecule has 0 aliphatic carbocycles. The molecule has 0 unspecified atom stereocenters. The zero-order chi connectivity index (χ0) is 11.1. The van der Waals surface area contributed by atoms with Gasteiger partial charge in [0, 0.05) is 6.92 Å². The van der Waals surface area contributed by atoms with Crippen LogP contribution in [-0.4, -0.2) is 4.98 Å². The Balaban J connectivity index is 2.55. The van der Waals surface area contributed by atoms with Gasteiger partial charge in [0.1, 0.15) is 5.52 Å². The van der Waals surface area contributed by atoms with E-state index in [2.05, 4.69) is 37.9 Å². The zero-order valence-electron chi connectivity index (χ0n) is 9.79. The summed E-state index contributed by atoms with van der Waals surface area (Å²) in [5, 5.41) is 0. The number of aromatic nitrogens is 1. The predicted octanol–water partition coefficient (Wildman–Crippen LogP) is 3.82. The molecule has 1 aromatic heterocycles. The standard InChI is InChI=1S/C13H17NO/c1-5-13(3,4)10-6-7-11-12(8-10)15-9(2)14-11/h6-8H,5H2,1-4H3. The minimum Gasteiger partial charge on any atom is -0.441 e. The topological polar surface area (TPSA) is 26.0 Å². The van der Waals surface area contributed by atoms with E-state index in [0.717, 1.165) is 23.4 Å². The van der Waals surface area contributed by atoms with E-state index in [1.54, 1.807) is 0 Å². The summed E-state index contributed by atoms with van der Waals surface area (Å²) >= 11 is 0. The van der Waals surface area contributed by atoms with Gasteiger partial charge in [-0.05, 0) is 29.5 Å². The van der Waals surface area contributed by atoms with Crippen molar-refractivity contribution in [1.29, 1.82) is 0 Å². The molecule has 1 aromatic carbocycles. The molecule has 0 fully saturated rings. The maximum atomic E-state index is 5.54. The smallest absolute Gasteiger partial charge is 0.192 e. The molecule has 15 heavy (non-hydrogen) atoms. The quantitative estimate of drug-likeness (QED) is 0.741. The molecule has 2 nitrogen and oxygen atoms in total. The van der Waals surface area contributed by atoms with Crippen molar-refractivity contribution in [2.24, 2.45) is 0 Å². The highest BCUT2D eigenvalue weighted by Gasteiger charge is 2.18. The molecule has 0 radical (unpaired) electrons. The lowest BCUT2D eigenvalue weighted by Crippen LogP contribution is -2.14. The van der Waals surface area contributed by atoms with Crippen molar-refractivity contribution >= 4 is 11.1 Å². The maximum absolute atomic E-state index is 5.54. The van der Waals surface area contributed by atoms with Gasteiger partial charge in [-0.1, -0.05) is 26.8 Å². The van der Waals surface area contributed by atoms with Crippen LogP contribution in [0.15, 0.2) is 22.6 Å². The second-order valence-electron chi connectivity index (χ2n) is 4.65. The minimum atomic E-state index is 0.203. The number of oxazole rings is 1. The molecule has 0 saturated carbocycles. The van der Waals surface area contributed by atoms with Crippen LogP contribution < -0.4 is 0 Å². The van der Waals surface area contributed by atoms with E-state index in [9.17, 15) is 0 Å². The van der Waals surface area contributed by atoms with Crippen LogP contribution in [0.2, 0.25) is 0 Å². The van der Waals surface area contributed by atoms with Gasteiger partial charge in [-0.3, -0.25) is 0 Å². The molecule has 0 bridgehead atoms. The average molecular weight is 203 g/mol. The van der Waals surface area contributed by atoms with Crippen molar-refractivity contribution in [1.82, 2.24) is 4.98 Å². The Labute approximate surface area is 90.3 Å². The number of hydrogen-bond acceptors (Lipinski definition) is 2. The summed E-state index contributed by atoms with van der Waals surface area (Å²) in [5.74, 6) is 0.733. The largest absolute Gasteiger partial charge is 0.441 e. The van der Waals surface area contributed by atoms with Crippen molar-refractivity contribution in [2.75, 3.05) is 0 Å². The van der Waals surface area contributed by atoms with Crippen molar-refractivity contribution < 1.29 is 4.42 Å². The predicted molar refractivity (Wildman–Crippen MR) is 62.1 cm³/mol. The van der Waals surface area contributed by atoms with E-state index in [0.29, 0.717) is 0 Å². The van der Waals surface area contributed by atoms with Crippen LogP contribution in [0.3, 0.4) is 0 Å². The minimum absolute atomic E-state index is 0.203. The first-order valence-electron chi connectivity index (χ1n) is 5.40. The fourth-order valence-corrected chi connectivity index (χ4v) is 1.66. The third-order valence-corrected chi connectivity index (χ3v) is 3.16. The zero-order valence-corrected chi connectivity index (χ0v) is 9.79. The number of rotatable bonds is 2. The first-order valence-corrected chi connectivity index (χ1v) is 5.40. The molecule has 2 rings (SSSR count). The van der Waals surface area contributed by atoms with Gasteiger partial charge in [-0.15, -0.1) is 0 Å². The highest BCUT2D eigenvalue weighted by atomic mass is 16.3. The summed E-state index contributed by atoms with van der Waals surface area (Å²) in [4.78, 5) is 4.30. The van der Waals surface area contributed by atoms with Crippen LogP contribution in [0.5, 0.6) is 0 Å². The Kier molecular flexibility index (Phi) is 2.29. The van der Waals surface area contributed by atoms with Crippen molar-refractivity contribution in [3.05, 3.63) is 29.7 Å². The lowest BCUT2D eigenvalue weighted by atomic mass is 9.82. The molecule has 80 valence electrons. The van der Waals surface area contributed by atoms with Crippen molar-refractivity contribution in [3.8, 4) is 0 Å². The SMILES string of the molecule is CCC(C)(C)c1ccc2nc(C)oc2c1. The normalized spacial score (nSPS) is 12.3. The van der Waals surface area contributed by atoms with E-state index in [4.69, 9.17) is 4.42 Å². The second-order valence-corrected chi connectivity index (χ2v) is 4.65. The Morgan fingerprint density at radius 1 is 1.33 bits per heavy atom.